The summed E-state index contributed by atoms with van der Waals surface area (Å²) < 4.78 is 11.2. The average molecular weight is 291 g/mol. The topological polar surface area (TPSA) is 56.2 Å². The summed E-state index contributed by atoms with van der Waals surface area (Å²) in [5, 5.41) is 0.860. The highest BCUT2D eigenvalue weighted by Gasteiger charge is 2.14. The maximum absolute atomic E-state index is 11.6. The van der Waals surface area contributed by atoms with Crippen molar-refractivity contribution in [2.24, 2.45) is 0 Å². The maximum atomic E-state index is 11.6. The fraction of sp³-hybridized carbons (Fsp3) is 0.111. The molecular weight excluding hydrogens is 278 g/mol. The summed E-state index contributed by atoms with van der Waals surface area (Å²) in [6.07, 6.45) is 0. The van der Waals surface area contributed by atoms with Gasteiger partial charge in [0.25, 0.3) is 0 Å². The first kappa shape index (κ1) is 12.8. The van der Waals surface area contributed by atoms with Gasteiger partial charge >= 0.3 is 5.63 Å². The molecule has 0 atom stereocenters. The van der Waals surface area contributed by atoms with Crippen molar-refractivity contribution in [3.8, 4) is 11.5 Å². The number of benzene rings is 2. The Kier molecular flexibility index (Phi) is 2.66. The summed E-state index contributed by atoms with van der Waals surface area (Å²) in [6, 6.07) is 13.2. The van der Waals surface area contributed by atoms with Crippen LogP contribution in [0.1, 0.15) is 11.1 Å². The molecule has 0 saturated heterocycles. The van der Waals surface area contributed by atoms with Crippen molar-refractivity contribution in [2.45, 2.75) is 13.8 Å². The lowest BCUT2D eigenvalue weighted by atomic mass is 10.1. The number of fused-ring (bicyclic) bond motifs is 3. The van der Waals surface area contributed by atoms with Crippen molar-refractivity contribution >= 4 is 22.1 Å². The smallest absolute Gasteiger partial charge is 0.336 e. The second-order valence-corrected chi connectivity index (χ2v) is 5.42. The molecule has 22 heavy (non-hydrogen) atoms. The van der Waals surface area contributed by atoms with Crippen molar-refractivity contribution in [3.63, 3.8) is 0 Å². The number of hydrogen-bond donors (Lipinski definition) is 0. The van der Waals surface area contributed by atoms with Crippen molar-refractivity contribution in [2.75, 3.05) is 0 Å². The molecule has 0 spiro atoms. The number of hydrogen-bond acceptors (Lipinski definition) is 4. The minimum Gasteiger partial charge on any atom is -0.432 e. The molecule has 0 amide bonds. The van der Waals surface area contributed by atoms with Crippen molar-refractivity contribution < 1.29 is 8.83 Å². The molecule has 0 aliphatic heterocycles. The van der Waals surface area contributed by atoms with Crippen LogP contribution < -0.4 is 5.63 Å². The molecule has 4 nitrogen and oxygen atoms in total. The number of rotatable bonds is 1. The van der Waals surface area contributed by atoms with E-state index in [0.717, 1.165) is 16.5 Å². The van der Waals surface area contributed by atoms with E-state index in [0.29, 0.717) is 22.6 Å². The van der Waals surface area contributed by atoms with E-state index in [2.05, 4.69) is 4.98 Å². The SMILES string of the molecule is Cc1ccc(-c2nc3ccc4c(C)cc(=O)oc4c3o2)cc1. The van der Waals surface area contributed by atoms with E-state index >= 15 is 0 Å². The molecule has 0 bridgehead atoms. The van der Waals surface area contributed by atoms with Crippen molar-refractivity contribution in [1.82, 2.24) is 4.98 Å². The van der Waals surface area contributed by atoms with Crippen LogP contribution in [0.5, 0.6) is 0 Å². The Labute approximate surface area is 126 Å². The van der Waals surface area contributed by atoms with E-state index in [1.807, 2.05) is 50.2 Å². The molecule has 4 heteroatoms. The molecule has 0 radical (unpaired) electrons. The Balaban J connectivity index is 2.03. The lowest BCUT2D eigenvalue weighted by Gasteiger charge is -1.99. The summed E-state index contributed by atoms with van der Waals surface area (Å²) in [6.45, 7) is 3.91. The van der Waals surface area contributed by atoms with Crippen molar-refractivity contribution in [3.05, 3.63) is 64.0 Å². The zero-order valence-electron chi connectivity index (χ0n) is 12.2. The van der Waals surface area contributed by atoms with Crippen LogP contribution in [0.2, 0.25) is 0 Å². The van der Waals surface area contributed by atoms with Gasteiger partial charge in [-0.05, 0) is 43.7 Å². The van der Waals surface area contributed by atoms with Crippen molar-refractivity contribution in [1.29, 1.82) is 0 Å². The summed E-state index contributed by atoms with van der Waals surface area (Å²) >= 11 is 0. The second-order valence-electron chi connectivity index (χ2n) is 5.42. The Morgan fingerprint density at radius 3 is 2.45 bits per heavy atom. The van der Waals surface area contributed by atoms with Gasteiger partial charge in [0.1, 0.15) is 5.52 Å². The highest BCUT2D eigenvalue weighted by molar-refractivity contribution is 6.00. The standard InChI is InChI=1S/C18H13NO3/c1-10-3-5-12(6-4-10)18-19-14-8-7-13-11(2)9-15(20)21-16(13)17(14)22-18/h3-9H,1-2H3. The van der Waals surface area contributed by atoms with Crippen LogP contribution in [-0.2, 0) is 0 Å². The monoisotopic (exact) mass is 291 g/mol. The van der Waals surface area contributed by atoms with Crippen LogP contribution in [0.4, 0.5) is 0 Å². The van der Waals surface area contributed by atoms with Crippen LogP contribution >= 0.6 is 0 Å². The predicted octanol–water partition coefficient (Wildman–Crippen LogP) is 4.22. The summed E-state index contributed by atoms with van der Waals surface area (Å²) in [4.78, 5) is 16.1. The highest BCUT2D eigenvalue weighted by Crippen LogP contribution is 2.30. The summed E-state index contributed by atoms with van der Waals surface area (Å²) in [5.41, 5.74) is 4.18. The van der Waals surface area contributed by atoms with E-state index in [-0.39, 0.29) is 5.63 Å². The second kappa shape index (κ2) is 4.56. The molecule has 0 saturated carbocycles. The third kappa shape index (κ3) is 1.92. The van der Waals surface area contributed by atoms with Gasteiger partial charge in [0.15, 0.2) is 11.2 Å². The zero-order chi connectivity index (χ0) is 15.3. The van der Waals surface area contributed by atoms with E-state index in [1.54, 1.807) is 0 Å². The molecule has 2 aromatic carbocycles. The molecule has 2 heterocycles. The summed E-state index contributed by atoms with van der Waals surface area (Å²) in [7, 11) is 0. The quantitative estimate of drug-likeness (QED) is 0.493. The van der Waals surface area contributed by atoms with E-state index in [9.17, 15) is 4.79 Å². The molecule has 0 aliphatic rings. The van der Waals surface area contributed by atoms with Gasteiger partial charge in [-0.2, -0.15) is 0 Å². The van der Waals surface area contributed by atoms with Crippen LogP contribution in [0.25, 0.3) is 33.5 Å². The third-order valence-electron chi connectivity index (χ3n) is 3.77. The van der Waals surface area contributed by atoms with Crippen LogP contribution in [0, 0.1) is 13.8 Å². The number of aromatic nitrogens is 1. The van der Waals surface area contributed by atoms with Crippen LogP contribution in [0.3, 0.4) is 0 Å². The van der Waals surface area contributed by atoms with Crippen LogP contribution in [-0.4, -0.2) is 4.98 Å². The third-order valence-corrected chi connectivity index (χ3v) is 3.77. The molecule has 4 rings (SSSR count). The molecule has 0 fully saturated rings. The molecule has 4 aromatic rings. The average Bonchev–Trinajstić information content (AvgIpc) is 2.92. The number of aryl methyl sites for hydroxylation is 2. The van der Waals surface area contributed by atoms with Gasteiger partial charge in [0, 0.05) is 17.0 Å². The minimum absolute atomic E-state index is 0.384. The minimum atomic E-state index is -0.384. The van der Waals surface area contributed by atoms with E-state index in [1.165, 1.54) is 11.6 Å². The highest BCUT2D eigenvalue weighted by atomic mass is 16.4. The fourth-order valence-electron chi connectivity index (χ4n) is 2.58. The Hall–Kier alpha value is -2.88. The molecule has 0 aliphatic carbocycles. The number of nitrogens with zero attached hydrogens (tertiary/aromatic N) is 1. The maximum Gasteiger partial charge on any atom is 0.336 e. The summed E-state index contributed by atoms with van der Waals surface area (Å²) in [5.74, 6) is 0.520. The fourth-order valence-corrected chi connectivity index (χ4v) is 2.58. The Morgan fingerprint density at radius 1 is 0.909 bits per heavy atom. The first-order valence-corrected chi connectivity index (χ1v) is 7.03. The lowest BCUT2D eigenvalue weighted by molar-refractivity contribution is 0.547. The number of oxazole rings is 1. The van der Waals surface area contributed by atoms with Gasteiger partial charge in [-0.3, -0.25) is 0 Å². The van der Waals surface area contributed by atoms with Gasteiger partial charge in [-0.1, -0.05) is 17.7 Å². The van der Waals surface area contributed by atoms with E-state index < -0.39 is 0 Å². The first-order valence-electron chi connectivity index (χ1n) is 7.03. The van der Waals surface area contributed by atoms with Gasteiger partial charge in [0.05, 0.1) is 0 Å². The molecule has 0 N–H and O–H groups in total. The van der Waals surface area contributed by atoms with Gasteiger partial charge < -0.3 is 8.83 Å². The van der Waals surface area contributed by atoms with Gasteiger partial charge in [-0.25, -0.2) is 9.78 Å². The lowest BCUT2D eigenvalue weighted by Crippen LogP contribution is -1.97. The molecular formula is C18H13NO3. The predicted molar refractivity (Wildman–Crippen MR) is 85.0 cm³/mol. The molecule has 0 unspecified atom stereocenters. The normalized spacial score (nSPS) is 11.4. The zero-order valence-corrected chi connectivity index (χ0v) is 12.2. The molecule has 2 aromatic heterocycles. The Morgan fingerprint density at radius 2 is 1.68 bits per heavy atom. The van der Waals surface area contributed by atoms with E-state index in [4.69, 9.17) is 8.83 Å². The first-order chi connectivity index (χ1) is 10.6. The molecule has 108 valence electrons. The Bertz CT molecular complexity index is 1060. The largest absolute Gasteiger partial charge is 0.432 e. The van der Waals surface area contributed by atoms with Gasteiger partial charge in [0.2, 0.25) is 5.89 Å². The van der Waals surface area contributed by atoms with Crippen LogP contribution in [0.15, 0.2) is 56.1 Å². The van der Waals surface area contributed by atoms with Gasteiger partial charge in [-0.15, -0.1) is 0 Å².